The Morgan fingerprint density at radius 2 is 1.58 bits per heavy atom. The summed E-state index contributed by atoms with van der Waals surface area (Å²) in [7, 11) is 1.69. The zero-order chi connectivity index (χ0) is 25.7. The molecule has 0 radical (unpaired) electrons. The van der Waals surface area contributed by atoms with Gasteiger partial charge >= 0.3 is 0 Å². The number of benzene rings is 3. The number of nitrogens with zero attached hydrogens (tertiary/aromatic N) is 2. The van der Waals surface area contributed by atoms with Gasteiger partial charge in [-0.3, -0.25) is 9.59 Å². The molecule has 1 aliphatic rings. The van der Waals surface area contributed by atoms with Crippen LogP contribution >= 0.6 is 0 Å². The number of likely N-dealkylation sites (N-methyl/N-ethyl adjacent to an activating group) is 1. The molecule has 186 valence electrons. The average molecular weight is 484 g/mol. The van der Waals surface area contributed by atoms with Gasteiger partial charge in [0.15, 0.2) is 0 Å². The third-order valence-corrected chi connectivity index (χ3v) is 6.48. The van der Waals surface area contributed by atoms with Crippen LogP contribution in [-0.4, -0.2) is 41.9 Å². The standard InChI is InChI=1S/C30H33N3O3/c1-20(2)18-24(26(34)19-21-12-6-4-7-13-21)29(35)32-28-30(36)33(3)25-17-11-10-16-23(25)27(31-28)22-14-8-5-9-15-22/h4-17,20,24,26,28,34H,18-19H2,1-3H3,(H,32,35)/t24-,26+,28?/m1/s1. The first-order chi connectivity index (χ1) is 17.3. The van der Waals surface area contributed by atoms with Gasteiger partial charge in [-0.2, -0.15) is 0 Å². The molecular weight excluding hydrogens is 450 g/mol. The van der Waals surface area contributed by atoms with E-state index >= 15 is 0 Å². The molecule has 36 heavy (non-hydrogen) atoms. The largest absolute Gasteiger partial charge is 0.392 e. The Bertz CT molecular complexity index is 1220. The quantitative estimate of drug-likeness (QED) is 0.504. The Kier molecular flexibility index (Phi) is 7.96. The Balaban J connectivity index is 1.66. The van der Waals surface area contributed by atoms with Crippen LogP contribution in [0.1, 0.15) is 37.0 Å². The first kappa shape index (κ1) is 25.3. The number of nitrogens with one attached hydrogen (secondary N) is 1. The smallest absolute Gasteiger partial charge is 0.272 e. The van der Waals surface area contributed by atoms with Crippen molar-refractivity contribution in [2.45, 2.75) is 39.0 Å². The molecule has 1 heterocycles. The maximum Gasteiger partial charge on any atom is 0.272 e. The van der Waals surface area contributed by atoms with E-state index in [1.807, 2.05) is 98.8 Å². The van der Waals surface area contributed by atoms with Crippen molar-refractivity contribution in [3.63, 3.8) is 0 Å². The number of benzodiazepines with no additional fused rings is 1. The lowest BCUT2D eigenvalue weighted by Crippen LogP contribution is -2.50. The molecular formula is C30H33N3O3. The lowest BCUT2D eigenvalue weighted by atomic mass is 9.88. The number of fused-ring (bicyclic) bond motifs is 1. The topological polar surface area (TPSA) is 82.0 Å². The van der Waals surface area contributed by atoms with Crippen LogP contribution in [0.15, 0.2) is 89.9 Å². The highest BCUT2D eigenvalue weighted by atomic mass is 16.3. The molecule has 6 nitrogen and oxygen atoms in total. The highest BCUT2D eigenvalue weighted by Crippen LogP contribution is 2.27. The molecule has 4 rings (SSSR count). The SMILES string of the molecule is CC(C)C[C@@H](C(=O)NC1N=C(c2ccccc2)c2ccccc2N(C)C1=O)[C@@H](O)Cc1ccccc1. The molecule has 0 fully saturated rings. The van der Waals surface area contributed by atoms with Crippen molar-refractivity contribution in [2.75, 3.05) is 11.9 Å². The van der Waals surface area contributed by atoms with Crippen LogP contribution < -0.4 is 10.2 Å². The van der Waals surface area contributed by atoms with Gasteiger partial charge in [0, 0.05) is 18.2 Å². The highest BCUT2D eigenvalue weighted by molar-refractivity contribution is 6.20. The summed E-state index contributed by atoms with van der Waals surface area (Å²) < 4.78 is 0. The Morgan fingerprint density at radius 1 is 0.972 bits per heavy atom. The second kappa shape index (κ2) is 11.3. The van der Waals surface area contributed by atoms with E-state index in [4.69, 9.17) is 4.99 Å². The molecule has 2 N–H and O–H groups in total. The minimum atomic E-state index is -1.11. The van der Waals surface area contributed by atoms with Crippen molar-refractivity contribution in [1.82, 2.24) is 5.32 Å². The van der Waals surface area contributed by atoms with E-state index in [1.165, 1.54) is 4.90 Å². The van der Waals surface area contributed by atoms with E-state index in [9.17, 15) is 14.7 Å². The van der Waals surface area contributed by atoms with Gasteiger partial charge < -0.3 is 15.3 Å². The van der Waals surface area contributed by atoms with Crippen LogP contribution in [0.2, 0.25) is 0 Å². The van der Waals surface area contributed by atoms with Gasteiger partial charge in [0.1, 0.15) is 0 Å². The summed E-state index contributed by atoms with van der Waals surface area (Å²) in [6, 6.07) is 26.9. The lowest BCUT2D eigenvalue weighted by Gasteiger charge is -2.26. The fraction of sp³-hybridized carbons (Fsp3) is 0.300. The van der Waals surface area contributed by atoms with E-state index in [-0.39, 0.29) is 17.7 Å². The van der Waals surface area contributed by atoms with E-state index in [2.05, 4.69) is 5.32 Å². The van der Waals surface area contributed by atoms with Crippen LogP contribution in [0, 0.1) is 11.8 Å². The minimum absolute atomic E-state index is 0.186. The number of aliphatic hydroxyl groups excluding tert-OH is 1. The summed E-state index contributed by atoms with van der Waals surface area (Å²) in [6.07, 6.45) is -1.15. The van der Waals surface area contributed by atoms with Gasteiger partial charge in [-0.25, -0.2) is 4.99 Å². The molecule has 6 heteroatoms. The summed E-state index contributed by atoms with van der Waals surface area (Å²) in [5.41, 5.74) is 4.00. The summed E-state index contributed by atoms with van der Waals surface area (Å²) >= 11 is 0. The van der Waals surface area contributed by atoms with Crippen molar-refractivity contribution in [3.8, 4) is 0 Å². The van der Waals surface area contributed by atoms with Crippen molar-refractivity contribution in [2.24, 2.45) is 16.8 Å². The molecule has 1 aliphatic heterocycles. The maximum absolute atomic E-state index is 13.5. The lowest BCUT2D eigenvalue weighted by molar-refractivity contribution is -0.133. The third kappa shape index (κ3) is 5.71. The second-order valence-electron chi connectivity index (χ2n) is 9.66. The summed E-state index contributed by atoms with van der Waals surface area (Å²) in [5, 5.41) is 13.9. The zero-order valence-corrected chi connectivity index (χ0v) is 21.0. The zero-order valence-electron chi connectivity index (χ0n) is 21.0. The van der Waals surface area contributed by atoms with E-state index < -0.39 is 18.2 Å². The predicted molar refractivity (Wildman–Crippen MR) is 143 cm³/mol. The van der Waals surface area contributed by atoms with E-state index in [0.29, 0.717) is 18.6 Å². The normalized spacial score (nSPS) is 17.1. The number of para-hydroxylation sites is 1. The summed E-state index contributed by atoms with van der Waals surface area (Å²) in [5.74, 6) is -1.20. The van der Waals surface area contributed by atoms with Gasteiger partial charge in [-0.1, -0.05) is 92.7 Å². The molecule has 3 aromatic rings. The number of amides is 2. The van der Waals surface area contributed by atoms with Crippen LogP contribution in [0.4, 0.5) is 5.69 Å². The molecule has 0 saturated carbocycles. The first-order valence-corrected chi connectivity index (χ1v) is 12.4. The van der Waals surface area contributed by atoms with Crippen LogP contribution in [0.5, 0.6) is 0 Å². The first-order valence-electron chi connectivity index (χ1n) is 12.4. The van der Waals surface area contributed by atoms with Gasteiger partial charge in [0.2, 0.25) is 12.1 Å². The number of rotatable bonds is 8. The maximum atomic E-state index is 13.5. The number of aliphatic imine (C=N–C) groups is 1. The highest BCUT2D eigenvalue weighted by Gasteiger charge is 2.34. The number of carbonyl (C=O) groups is 2. The summed E-state index contributed by atoms with van der Waals surface area (Å²) in [6.45, 7) is 4.03. The minimum Gasteiger partial charge on any atom is -0.392 e. The molecule has 3 aromatic carbocycles. The number of anilines is 1. The van der Waals surface area contributed by atoms with Gasteiger partial charge in [-0.15, -0.1) is 0 Å². The fourth-order valence-corrected chi connectivity index (χ4v) is 4.63. The van der Waals surface area contributed by atoms with Gasteiger partial charge in [0.05, 0.1) is 23.4 Å². The second-order valence-corrected chi connectivity index (χ2v) is 9.66. The van der Waals surface area contributed by atoms with Crippen LogP contribution in [-0.2, 0) is 16.0 Å². The molecule has 0 bridgehead atoms. The molecule has 3 atom stereocenters. The van der Waals surface area contributed by atoms with Crippen molar-refractivity contribution in [3.05, 3.63) is 102 Å². The number of carbonyl (C=O) groups excluding carboxylic acids is 2. The summed E-state index contributed by atoms with van der Waals surface area (Å²) in [4.78, 5) is 33.3. The number of hydrogen-bond acceptors (Lipinski definition) is 4. The Hall–Kier alpha value is -3.77. The molecule has 0 aliphatic carbocycles. The predicted octanol–water partition coefficient (Wildman–Crippen LogP) is 4.21. The molecule has 1 unspecified atom stereocenters. The van der Waals surface area contributed by atoms with Gasteiger partial charge in [0.25, 0.3) is 5.91 Å². The van der Waals surface area contributed by atoms with Crippen molar-refractivity contribution in [1.29, 1.82) is 0 Å². The Morgan fingerprint density at radius 3 is 2.25 bits per heavy atom. The monoisotopic (exact) mass is 483 g/mol. The van der Waals surface area contributed by atoms with Crippen molar-refractivity contribution >= 4 is 23.2 Å². The Labute approximate surface area is 212 Å². The van der Waals surface area contributed by atoms with Crippen LogP contribution in [0.3, 0.4) is 0 Å². The molecule has 0 aromatic heterocycles. The molecule has 2 amide bonds. The van der Waals surface area contributed by atoms with Crippen LogP contribution in [0.25, 0.3) is 0 Å². The third-order valence-electron chi connectivity index (χ3n) is 6.48. The average Bonchev–Trinajstić information content (AvgIpc) is 2.99. The fourth-order valence-electron chi connectivity index (χ4n) is 4.63. The van der Waals surface area contributed by atoms with Crippen molar-refractivity contribution < 1.29 is 14.7 Å². The molecule has 0 saturated heterocycles. The number of hydrogen-bond donors (Lipinski definition) is 2. The van der Waals surface area contributed by atoms with Gasteiger partial charge in [-0.05, 0) is 30.4 Å². The van der Waals surface area contributed by atoms with E-state index in [0.717, 1.165) is 22.4 Å². The molecule has 0 spiro atoms. The van der Waals surface area contributed by atoms with E-state index in [1.54, 1.807) is 7.05 Å². The number of aliphatic hydroxyl groups is 1.